The Balaban J connectivity index is 2.41. The molecule has 1 heteroatoms. The second kappa shape index (κ2) is 2.15. The lowest BCUT2D eigenvalue weighted by Gasteiger charge is -2.13. The molecule has 2 heterocycles. The van der Waals surface area contributed by atoms with Crippen LogP contribution < -0.4 is 0 Å². The quantitative estimate of drug-likeness (QED) is 0.513. The third-order valence-electron chi connectivity index (χ3n) is 2.20. The zero-order valence-corrected chi connectivity index (χ0v) is 6.43. The van der Waals surface area contributed by atoms with Crippen LogP contribution >= 0.6 is 0 Å². The minimum Gasteiger partial charge on any atom is -0.351 e. The van der Waals surface area contributed by atoms with Crippen LogP contribution in [0.3, 0.4) is 0 Å². The monoisotopic (exact) mass is 135 g/mol. The number of nitrogens with zero attached hydrogens (tertiary/aromatic N) is 1. The summed E-state index contributed by atoms with van der Waals surface area (Å²) in [4.78, 5) is 0. The molecule has 0 fully saturated rings. The van der Waals surface area contributed by atoms with E-state index in [4.69, 9.17) is 0 Å². The van der Waals surface area contributed by atoms with Crippen LogP contribution in [-0.2, 0) is 13.0 Å². The van der Waals surface area contributed by atoms with E-state index in [2.05, 4.69) is 23.8 Å². The van der Waals surface area contributed by atoms with Gasteiger partial charge < -0.3 is 4.57 Å². The normalized spacial score (nSPS) is 16.9. The fourth-order valence-corrected chi connectivity index (χ4v) is 1.72. The molecule has 2 rings (SSSR count). The van der Waals surface area contributed by atoms with Crippen molar-refractivity contribution in [3.8, 4) is 0 Å². The van der Waals surface area contributed by atoms with Crippen molar-refractivity contribution >= 4 is 0 Å². The SMILES string of the molecule is Cc1cc2n(c1)CCCC2. The van der Waals surface area contributed by atoms with Gasteiger partial charge in [-0.15, -0.1) is 0 Å². The van der Waals surface area contributed by atoms with Crippen LogP contribution in [0.1, 0.15) is 24.1 Å². The summed E-state index contributed by atoms with van der Waals surface area (Å²) in [6.45, 7) is 3.41. The molecular weight excluding hydrogens is 122 g/mol. The van der Waals surface area contributed by atoms with E-state index in [9.17, 15) is 0 Å². The Bertz CT molecular complexity index is 211. The first-order valence-corrected chi connectivity index (χ1v) is 4.02. The zero-order valence-electron chi connectivity index (χ0n) is 6.43. The van der Waals surface area contributed by atoms with E-state index < -0.39 is 0 Å². The first-order chi connectivity index (χ1) is 4.86. The molecule has 1 nitrogen and oxygen atoms in total. The number of hydrogen-bond donors (Lipinski definition) is 0. The van der Waals surface area contributed by atoms with Crippen molar-refractivity contribution in [2.24, 2.45) is 0 Å². The van der Waals surface area contributed by atoms with Crippen LogP contribution in [0.15, 0.2) is 12.3 Å². The maximum atomic E-state index is 2.39. The van der Waals surface area contributed by atoms with Crippen molar-refractivity contribution < 1.29 is 0 Å². The van der Waals surface area contributed by atoms with Crippen molar-refractivity contribution in [1.29, 1.82) is 0 Å². The molecule has 1 aromatic rings. The highest BCUT2D eigenvalue weighted by Crippen LogP contribution is 2.16. The summed E-state index contributed by atoms with van der Waals surface area (Å²) in [5.74, 6) is 0. The van der Waals surface area contributed by atoms with Gasteiger partial charge in [-0.3, -0.25) is 0 Å². The first kappa shape index (κ1) is 6.02. The molecule has 0 amide bonds. The highest BCUT2D eigenvalue weighted by molar-refractivity contribution is 5.18. The molecule has 54 valence electrons. The van der Waals surface area contributed by atoms with E-state index in [0.29, 0.717) is 0 Å². The Labute approximate surface area is 61.7 Å². The summed E-state index contributed by atoms with van der Waals surface area (Å²) in [7, 11) is 0. The van der Waals surface area contributed by atoms with Gasteiger partial charge in [-0.05, 0) is 37.8 Å². The lowest BCUT2D eigenvalue weighted by molar-refractivity contribution is 0.533. The Morgan fingerprint density at radius 2 is 2.30 bits per heavy atom. The third kappa shape index (κ3) is 0.859. The second-order valence-electron chi connectivity index (χ2n) is 3.16. The molecule has 0 radical (unpaired) electrons. The minimum absolute atomic E-state index is 1.24. The highest BCUT2D eigenvalue weighted by atomic mass is 15.0. The molecule has 0 spiro atoms. The van der Waals surface area contributed by atoms with Crippen molar-refractivity contribution in [1.82, 2.24) is 4.57 Å². The van der Waals surface area contributed by atoms with Gasteiger partial charge in [-0.25, -0.2) is 0 Å². The van der Waals surface area contributed by atoms with E-state index in [-0.39, 0.29) is 0 Å². The number of hydrogen-bond acceptors (Lipinski definition) is 0. The lowest BCUT2D eigenvalue weighted by Crippen LogP contribution is -2.07. The molecule has 0 bridgehead atoms. The van der Waals surface area contributed by atoms with Crippen LogP contribution in [0.4, 0.5) is 0 Å². The third-order valence-corrected chi connectivity index (χ3v) is 2.20. The summed E-state index contributed by atoms with van der Waals surface area (Å²) >= 11 is 0. The standard InChI is InChI=1S/C9H13N/c1-8-6-9-4-2-3-5-10(9)7-8/h6-7H,2-5H2,1H3. The second-order valence-corrected chi connectivity index (χ2v) is 3.16. The number of aromatic nitrogens is 1. The van der Waals surface area contributed by atoms with Gasteiger partial charge in [-0.1, -0.05) is 0 Å². The summed E-state index contributed by atoms with van der Waals surface area (Å²) in [6, 6.07) is 2.30. The molecule has 0 saturated heterocycles. The van der Waals surface area contributed by atoms with Crippen LogP contribution in [-0.4, -0.2) is 4.57 Å². The van der Waals surface area contributed by atoms with Crippen molar-refractivity contribution in [3.63, 3.8) is 0 Å². The summed E-state index contributed by atoms with van der Waals surface area (Å²) in [5.41, 5.74) is 2.95. The van der Waals surface area contributed by atoms with Gasteiger partial charge >= 0.3 is 0 Å². The van der Waals surface area contributed by atoms with Crippen LogP contribution in [0.5, 0.6) is 0 Å². The molecule has 10 heavy (non-hydrogen) atoms. The number of rotatable bonds is 0. The van der Waals surface area contributed by atoms with Crippen molar-refractivity contribution in [3.05, 3.63) is 23.5 Å². The summed E-state index contributed by atoms with van der Waals surface area (Å²) in [6.07, 6.45) is 6.28. The molecular formula is C9H13N. The topological polar surface area (TPSA) is 4.93 Å². The maximum Gasteiger partial charge on any atom is 0.0222 e. The van der Waals surface area contributed by atoms with E-state index in [1.54, 1.807) is 0 Å². The van der Waals surface area contributed by atoms with Crippen LogP contribution in [0, 0.1) is 6.92 Å². The van der Waals surface area contributed by atoms with Crippen LogP contribution in [0.25, 0.3) is 0 Å². The summed E-state index contributed by atoms with van der Waals surface area (Å²) < 4.78 is 2.39. The number of aryl methyl sites for hydroxylation is 3. The lowest BCUT2D eigenvalue weighted by atomic mass is 10.1. The van der Waals surface area contributed by atoms with Gasteiger partial charge in [0.05, 0.1) is 0 Å². The van der Waals surface area contributed by atoms with Crippen molar-refractivity contribution in [2.75, 3.05) is 0 Å². The Kier molecular flexibility index (Phi) is 1.30. The molecule has 1 aliphatic heterocycles. The fourth-order valence-electron chi connectivity index (χ4n) is 1.72. The molecule has 0 aliphatic carbocycles. The van der Waals surface area contributed by atoms with Gasteiger partial charge in [-0.2, -0.15) is 0 Å². The summed E-state index contributed by atoms with van der Waals surface area (Å²) in [5, 5.41) is 0. The van der Waals surface area contributed by atoms with E-state index in [0.717, 1.165) is 0 Å². The van der Waals surface area contributed by atoms with Gasteiger partial charge in [0.15, 0.2) is 0 Å². The molecule has 0 unspecified atom stereocenters. The Hall–Kier alpha value is -0.720. The minimum atomic E-state index is 1.24. The molecule has 0 atom stereocenters. The first-order valence-electron chi connectivity index (χ1n) is 4.02. The molecule has 0 aromatic carbocycles. The van der Waals surface area contributed by atoms with Gasteiger partial charge in [0.2, 0.25) is 0 Å². The molecule has 1 aromatic heterocycles. The fraction of sp³-hybridized carbons (Fsp3) is 0.556. The average molecular weight is 135 g/mol. The number of fused-ring (bicyclic) bond motifs is 1. The zero-order chi connectivity index (χ0) is 6.97. The Morgan fingerprint density at radius 3 is 3.10 bits per heavy atom. The maximum absolute atomic E-state index is 2.39. The van der Waals surface area contributed by atoms with Gasteiger partial charge in [0, 0.05) is 18.4 Å². The van der Waals surface area contributed by atoms with Gasteiger partial charge in [0.25, 0.3) is 0 Å². The molecule has 0 saturated carbocycles. The van der Waals surface area contributed by atoms with E-state index in [1.807, 2.05) is 0 Å². The van der Waals surface area contributed by atoms with Crippen LogP contribution in [0.2, 0.25) is 0 Å². The van der Waals surface area contributed by atoms with Gasteiger partial charge in [0.1, 0.15) is 0 Å². The average Bonchev–Trinajstić information content (AvgIpc) is 2.27. The van der Waals surface area contributed by atoms with E-state index >= 15 is 0 Å². The predicted octanol–water partition coefficient (Wildman–Crippen LogP) is 2.13. The highest BCUT2D eigenvalue weighted by Gasteiger charge is 2.07. The van der Waals surface area contributed by atoms with E-state index in [1.165, 1.54) is 37.1 Å². The Morgan fingerprint density at radius 1 is 1.40 bits per heavy atom. The predicted molar refractivity (Wildman–Crippen MR) is 42.1 cm³/mol. The molecule has 1 aliphatic rings. The largest absolute Gasteiger partial charge is 0.351 e. The van der Waals surface area contributed by atoms with Crippen molar-refractivity contribution in [2.45, 2.75) is 32.7 Å². The molecule has 0 N–H and O–H groups in total. The smallest absolute Gasteiger partial charge is 0.0222 e.